The number of alkyl halides is 3. The van der Waals surface area contributed by atoms with Crippen LogP contribution in [-0.2, 0) is 6.18 Å². The van der Waals surface area contributed by atoms with Gasteiger partial charge < -0.3 is 10.7 Å². The highest BCUT2D eigenvalue weighted by molar-refractivity contribution is 5.99. The minimum absolute atomic E-state index is 0.127. The SMILES string of the molecule is CC(C)CNC(=O)c1cc(C(F)(F)F)ccc1NN. The molecule has 7 heteroatoms. The highest BCUT2D eigenvalue weighted by atomic mass is 19.4. The smallest absolute Gasteiger partial charge is 0.352 e. The second-order valence-electron chi connectivity index (χ2n) is 4.51. The predicted octanol–water partition coefficient (Wildman–Crippen LogP) is 2.38. The molecule has 4 N–H and O–H groups in total. The molecule has 1 amide bonds. The molecule has 0 aliphatic rings. The van der Waals surface area contributed by atoms with Crippen molar-refractivity contribution in [2.24, 2.45) is 11.8 Å². The first kappa shape index (κ1) is 15.3. The number of amides is 1. The van der Waals surface area contributed by atoms with Gasteiger partial charge in [0.15, 0.2) is 0 Å². The normalized spacial score (nSPS) is 11.5. The van der Waals surface area contributed by atoms with Crippen molar-refractivity contribution in [3.05, 3.63) is 29.3 Å². The van der Waals surface area contributed by atoms with Crippen molar-refractivity contribution in [2.45, 2.75) is 20.0 Å². The molecule has 0 atom stereocenters. The number of benzene rings is 1. The quantitative estimate of drug-likeness (QED) is 0.584. The molecule has 1 aromatic carbocycles. The first-order valence-electron chi connectivity index (χ1n) is 5.71. The molecule has 4 nitrogen and oxygen atoms in total. The van der Waals surface area contributed by atoms with Crippen molar-refractivity contribution >= 4 is 11.6 Å². The number of nitrogens with two attached hydrogens (primary N) is 1. The van der Waals surface area contributed by atoms with Crippen LogP contribution in [0.25, 0.3) is 0 Å². The Bertz CT molecular complexity index is 458. The molecule has 0 aliphatic carbocycles. The Morgan fingerprint density at radius 3 is 2.47 bits per heavy atom. The summed E-state index contributed by atoms with van der Waals surface area (Å²) in [5.74, 6) is 4.80. The van der Waals surface area contributed by atoms with E-state index >= 15 is 0 Å². The number of nitrogen functional groups attached to an aromatic ring is 1. The van der Waals surface area contributed by atoms with Gasteiger partial charge in [0.05, 0.1) is 16.8 Å². The van der Waals surface area contributed by atoms with Crippen molar-refractivity contribution < 1.29 is 18.0 Å². The van der Waals surface area contributed by atoms with Gasteiger partial charge in [-0.3, -0.25) is 10.6 Å². The topological polar surface area (TPSA) is 67.2 Å². The Labute approximate surface area is 109 Å². The van der Waals surface area contributed by atoms with E-state index in [1.165, 1.54) is 0 Å². The van der Waals surface area contributed by atoms with E-state index in [1.54, 1.807) is 0 Å². The van der Waals surface area contributed by atoms with Crippen LogP contribution in [0.5, 0.6) is 0 Å². The first-order chi connectivity index (χ1) is 8.75. The van der Waals surface area contributed by atoms with Gasteiger partial charge in [-0.2, -0.15) is 13.2 Å². The fourth-order valence-electron chi connectivity index (χ4n) is 1.43. The minimum Gasteiger partial charge on any atom is -0.352 e. The summed E-state index contributed by atoms with van der Waals surface area (Å²) < 4.78 is 37.8. The van der Waals surface area contributed by atoms with E-state index in [-0.39, 0.29) is 17.2 Å². The number of anilines is 1. The highest BCUT2D eigenvalue weighted by Crippen LogP contribution is 2.31. The molecule has 1 aromatic rings. The van der Waals surface area contributed by atoms with Gasteiger partial charge in [-0.05, 0) is 24.1 Å². The lowest BCUT2D eigenvalue weighted by Gasteiger charge is -2.14. The number of rotatable bonds is 4. The molecule has 0 fully saturated rings. The first-order valence-corrected chi connectivity index (χ1v) is 5.71. The molecule has 0 aromatic heterocycles. The summed E-state index contributed by atoms with van der Waals surface area (Å²) in [7, 11) is 0. The Morgan fingerprint density at radius 1 is 1.37 bits per heavy atom. The van der Waals surface area contributed by atoms with Crippen LogP contribution in [0.1, 0.15) is 29.8 Å². The van der Waals surface area contributed by atoms with Crippen LogP contribution in [0.3, 0.4) is 0 Å². The van der Waals surface area contributed by atoms with Crippen molar-refractivity contribution in [2.75, 3.05) is 12.0 Å². The molecule has 0 heterocycles. The maximum absolute atomic E-state index is 12.6. The van der Waals surface area contributed by atoms with E-state index < -0.39 is 17.6 Å². The Morgan fingerprint density at radius 2 is 2.00 bits per heavy atom. The highest BCUT2D eigenvalue weighted by Gasteiger charge is 2.31. The van der Waals surface area contributed by atoms with Gasteiger partial charge in [-0.1, -0.05) is 13.8 Å². The Hall–Kier alpha value is -1.76. The third-order valence-corrected chi connectivity index (χ3v) is 2.42. The minimum atomic E-state index is -4.50. The van der Waals surface area contributed by atoms with Crippen molar-refractivity contribution in [1.82, 2.24) is 5.32 Å². The predicted molar refractivity (Wildman–Crippen MR) is 66.4 cm³/mol. The van der Waals surface area contributed by atoms with E-state index in [4.69, 9.17) is 5.84 Å². The summed E-state index contributed by atoms with van der Waals surface area (Å²) in [6, 6.07) is 2.78. The maximum atomic E-state index is 12.6. The monoisotopic (exact) mass is 275 g/mol. The van der Waals surface area contributed by atoms with Gasteiger partial charge in [-0.25, -0.2) is 0 Å². The van der Waals surface area contributed by atoms with E-state index in [0.717, 1.165) is 18.2 Å². The summed E-state index contributed by atoms with van der Waals surface area (Å²) in [4.78, 5) is 11.8. The second-order valence-corrected chi connectivity index (χ2v) is 4.51. The third kappa shape index (κ3) is 4.13. The summed E-state index contributed by atoms with van der Waals surface area (Å²) in [5.41, 5.74) is 1.35. The Kier molecular flexibility index (Phi) is 4.77. The number of carbonyl (C=O) groups is 1. The van der Waals surface area contributed by atoms with Gasteiger partial charge in [-0.15, -0.1) is 0 Å². The number of halogens is 3. The third-order valence-electron chi connectivity index (χ3n) is 2.42. The second kappa shape index (κ2) is 5.92. The molecule has 0 bridgehead atoms. The van der Waals surface area contributed by atoms with Crippen LogP contribution in [0.4, 0.5) is 18.9 Å². The van der Waals surface area contributed by atoms with Gasteiger partial charge in [0.2, 0.25) is 0 Å². The Balaban J connectivity index is 3.05. The summed E-state index contributed by atoms with van der Waals surface area (Å²) in [6.45, 7) is 4.14. The van der Waals surface area contributed by atoms with Gasteiger partial charge in [0.1, 0.15) is 0 Å². The number of hydrazine groups is 1. The molecule has 0 aliphatic heterocycles. The average molecular weight is 275 g/mol. The fourth-order valence-corrected chi connectivity index (χ4v) is 1.43. The zero-order chi connectivity index (χ0) is 14.6. The standard InChI is InChI=1S/C12H16F3N3O/c1-7(2)6-17-11(19)9-5-8(12(13,14)15)3-4-10(9)18-16/h3-5,7,18H,6,16H2,1-2H3,(H,17,19). The van der Waals surface area contributed by atoms with Crippen LogP contribution in [0, 0.1) is 5.92 Å². The summed E-state index contributed by atoms with van der Waals surface area (Å²) in [5, 5.41) is 2.55. The molecule has 0 saturated carbocycles. The zero-order valence-corrected chi connectivity index (χ0v) is 10.6. The van der Waals surface area contributed by atoms with Crippen LogP contribution >= 0.6 is 0 Å². The number of carbonyl (C=O) groups excluding carboxylic acids is 1. The van der Waals surface area contributed by atoms with E-state index in [1.807, 2.05) is 13.8 Å². The van der Waals surface area contributed by atoms with Crippen molar-refractivity contribution in [1.29, 1.82) is 0 Å². The van der Waals surface area contributed by atoms with Crippen LogP contribution in [-0.4, -0.2) is 12.5 Å². The van der Waals surface area contributed by atoms with Crippen LogP contribution in [0.2, 0.25) is 0 Å². The van der Waals surface area contributed by atoms with E-state index in [9.17, 15) is 18.0 Å². The molecule has 19 heavy (non-hydrogen) atoms. The van der Waals surface area contributed by atoms with E-state index in [0.29, 0.717) is 6.54 Å². The molecule has 0 spiro atoms. The maximum Gasteiger partial charge on any atom is 0.416 e. The number of hydrogen-bond donors (Lipinski definition) is 3. The lowest BCUT2D eigenvalue weighted by Crippen LogP contribution is -2.29. The molecule has 0 unspecified atom stereocenters. The molecule has 0 saturated heterocycles. The largest absolute Gasteiger partial charge is 0.416 e. The van der Waals surface area contributed by atoms with Gasteiger partial charge >= 0.3 is 6.18 Å². The molecule has 1 rings (SSSR count). The van der Waals surface area contributed by atoms with Crippen LogP contribution < -0.4 is 16.6 Å². The number of nitrogens with one attached hydrogen (secondary N) is 2. The zero-order valence-electron chi connectivity index (χ0n) is 10.6. The summed E-state index contributed by atoms with van der Waals surface area (Å²) in [6.07, 6.45) is -4.50. The molecule has 106 valence electrons. The lowest BCUT2D eigenvalue weighted by atomic mass is 10.1. The fraction of sp³-hybridized carbons (Fsp3) is 0.417. The van der Waals surface area contributed by atoms with Crippen molar-refractivity contribution in [3.63, 3.8) is 0 Å². The van der Waals surface area contributed by atoms with Gasteiger partial charge in [0.25, 0.3) is 5.91 Å². The lowest BCUT2D eigenvalue weighted by molar-refractivity contribution is -0.137. The number of hydrogen-bond acceptors (Lipinski definition) is 3. The van der Waals surface area contributed by atoms with Crippen LogP contribution in [0.15, 0.2) is 18.2 Å². The van der Waals surface area contributed by atoms with E-state index in [2.05, 4.69) is 10.7 Å². The summed E-state index contributed by atoms with van der Waals surface area (Å²) >= 11 is 0. The average Bonchev–Trinajstić information content (AvgIpc) is 2.33. The van der Waals surface area contributed by atoms with Gasteiger partial charge in [0, 0.05) is 6.54 Å². The molecular formula is C12H16F3N3O. The van der Waals surface area contributed by atoms with Crippen molar-refractivity contribution in [3.8, 4) is 0 Å². The molecule has 0 radical (unpaired) electrons. The molecular weight excluding hydrogens is 259 g/mol.